The molecule has 1 saturated heterocycles. The zero-order chi connectivity index (χ0) is 26.4. The van der Waals surface area contributed by atoms with Gasteiger partial charge >= 0.3 is 5.97 Å². The summed E-state index contributed by atoms with van der Waals surface area (Å²) in [5, 5.41) is 43.1. The number of carbonyl (C=O) groups is 1. The van der Waals surface area contributed by atoms with E-state index in [9.17, 15) is 25.2 Å². The minimum atomic E-state index is -1.28. The van der Waals surface area contributed by atoms with Crippen LogP contribution < -0.4 is 0 Å². The highest BCUT2D eigenvalue weighted by Crippen LogP contribution is 2.72. The lowest BCUT2D eigenvalue weighted by molar-refractivity contribution is -0.310. The number of aliphatic hydroxyl groups excluding tert-OH is 3. The van der Waals surface area contributed by atoms with Crippen molar-refractivity contribution >= 4 is 5.97 Å². The summed E-state index contributed by atoms with van der Waals surface area (Å²) in [7, 11) is 0. The van der Waals surface area contributed by atoms with Crippen molar-refractivity contribution in [2.24, 2.45) is 34.0 Å². The summed E-state index contributed by atoms with van der Waals surface area (Å²) < 4.78 is 17.4. The van der Waals surface area contributed by atoms with Gasteiger partial charge in [0.05, 0.1) is 17.8 Å². The maximum absolute atomic E-state index is 12.4. The number of hydrogen-bond donors (Lipinski definition) is 4. The topological polar surface area (TPSA) is 126 Å². The summed E-state index contributed by atoms with van der Waals surface area (Å²) in [6.07, 6.45) is 6.61. The minimum Gasteiger partial charge on any atom is -0.462 e. The molecule has 208 valence electrons. The Bertz CT molecular complexity index is 954. The number of aliphatic hydroxyl groups is 4. The molecule has 2 aliphatic heterocycles. The molecule has 0 aromatic carbocycles. The van der Waals surface area contributed by atoms with Crippen molar-refractivity contribution in [1.82, 2.24) is 0 Å². The van der Waals surface area contributed by atoms with Gasteiger partial charge < -0.3 is 34.6 Å². The van der Waals surface area contributed by atoms with Crippen LogP contribution >= 0.6 is 0 Å². The van der Waals surface area contributed by atoms with Crippen LogP contribution in [0.5, 0.6) is 0 Å². The van der Waals surface area contributed by atoms with Crippen LogP contribution in [-0.4, -0.2) is 75.4 Å². The van der Waals surface area contributed by atoms with Crippen molar-refractivity contribution in [3.63, 3.8) is 0 Å². The summed E-state index contributed by atoms with van der Waals surface area (Å²) in [6.45, 7) is 6.70. The zero-order valence-electron chi connectivity index (χ0n) is 22.3. The van der Waals surface area contributed by atoms with Crippen LogP contribution in [0, 0.1) is 34.0 Å². The van der Waals surface area contributed by atoms with E-state index < -0.39 is 36.3 Å². The highest BCUT2D eigenvalue weighted by Gasteiger charge is 2.71. The Labute approximate surface area is 219 Å². The number of hydrogen-bond acceptors (Lipinski definition) is 8. The van der Waals surface area contributed by atoms with Gasteiger partial charge in [0.2, 0.25) is 0 Å². The molecule has 2 heterocycles. The van der Waals surface area contributed by atoms with Gasteiger partial charge in [-0.05, 0) is 87.9 Å². The summed E-state index contributed by atoms with van der Waals surface area (Å²) in [6, 6.07) is 0. The molecular weight excluding hydrogens is 476 g/mol. The molecule has 0 amide bonds. The first kappa shape index (κ1) is 26.2. The van der Waals surface area contributed by atoms with Crippen LogP contribution in [0.25, 0.3) is 0 Å². The van der Waals surface area contributed by atoms with E-state index in [2.05, 4.69) is 13.8 Å². The molecule has 8 nitrogen and oxygen atoms in total. The smallest absolute Gasteiger partial charge is 0.330 e. The Balaban J connectivity index is 1.18. The quantitative estimate of drug-likeness (QED) is 0.323. The van der Waals surface area contributed by atoms with Crippen LogP contribution in [-0.2, 0) is 19.0 Å². The van der Waals surface area contributed by atoms with E-state index in [1.807, 2.05) is 6.08 Å². The average molecular weight is 521 g/mol. The predicted octanol–water partition coefficient (Wildman–Crippen LogP) is 2.46. The Hall–Kier alpha value is -1.03. The highest BCUT2D eigenvalue weighted by atomic mass is 16.7. The van der Waals surface area contributed by atoms with E-state index in [0.29, 0.717) is 18.4 Å². The van der Waals surface area contributed by atoms with Gasteiger partial charge in [0.25, 0.3) is 0 Å². The fourth-order valence-electron chi connectivity index (χ4n) is 9.82. The van der Waals surface area contributed by atoms with Crippen LogP contribution in [0.1, 0.15) is 78.6 Å². The van der Waals surface area contributed by atoms with E-state index in [1.54, 1.807) is 13.0 Å². The van der Waals surface area contributed by atoms with Gasteiger partial charge in [-0.15, -0.1) is 0 Å². The lowest BCUT2D eigenvalue weighted by Gasteiger charge is -2.65. The monoisotopic (exact) mass is 520 g/mol. The van der Waals surface area contributed by atoms with E-state index in [0.717, 1.165) is 57.8 Å². The maximum atomic E-state index is 12.4. The molecule has 0 unspecified atom stereocenters. The number of ether oxygens (including phenoxy) is 3. The lowest BCUT2D eigenvalue weighted by atomic mass is 9.42. The molecule has 0 aromatic heterocycles. The number of cyclic esters (lactones) is 1. The van der Waals surface area contributed by atoms with E-state index in [1.165, 1.54) is 0 Å². The number of esters is 1. The number of rotatable bonds is 2. The number of carbonyl (C=O) groups excluding carboxylic acids is 1. The molecule has 13 atom stereocenters. The molecule has 6 aliphatic rings. The molecule has 8 heteroatoms. The van der Waals surface area contributed by atoms with E-state index >= 15 is 0 Å². The summed E-state index contributed by atoms with van der Waals surface area (Å²) in [5.41, 5.74) is -1.24. The predicted molar refractivity (Wildman–Crippen MR) is 133 cm³/mol. The molecular formula is C29H44O8. The van der Waals surface area contributed by atoms with E-state index in [4.69, 9.17) is 14.2 Å². The normalized spacial score (nSPS) is 57.4. The van der Waals surface area contributed by atoms with Crippen LogP contribution in [0.3, 0.4) is 0 Å². The van der Waals surface area contributed by atoms with Crippen molar-refractivity contribution in [3.8, 4) is 0 Å². The first-order valence-electron chi connectivity index (χ1n) is 14.4. The molecule has 0 bridgehead atoms. The largest absolute Gasteiger partial charge is 0.462 e. The molecule has 5 fully saturated rings. The van der Waals surface area contributed by atoms with Crippen molar-refractivity contribution in [3.05, 3.63) is 12.2 Å². The average Bonchev–Trinajstić information content (AvgIpc) is 3.10. The third-order valence-electron chi connectivity index (χ3n) is 12.4. The van der Waals surface area contributed by atoms with Crippen LogP contribution in [0.15, 0.2) is 12.2 Å². The fraction of sp³-hybridized carbons (Fsp3) is 0.897. The third-order valence-corrected chi connectivity index (χ3v) is 12.4. The first-order chi connectivity index (χ1) is 17.4. The van der Waals surface area contributed by atoms with Crippen molar-refractivity contribution in [2.45, 2.75) is 121 Å². The lowest BCUT2D eigenvalue weighted by Crippen LogP contribution is -2.64. The molecule has 6 rings (SSSR count). The Morgan fingerprint density at radius 1 is 0.946 bits per heavy atom. The molecule has 1 spiro atoms. The van der Waals surface area contributed by atoms with Crippen LogP contribution in [0.2, 0.25) is 0 Å². The van der Waals surface area contributed by atoms with Crippen molar-refractivity contribution < 1.29 is 39.4 Å². The summed E-state index contributed by atoms with van der Waals surface area (Å²) >= 11 is 0. The van der Waals surface area contributed by atoms with Gasteiger partial charge in [-0.1, -0.05) is 19.9 Å². The van der Waals surface area contributed by atoms with Gasteiger partial charge in [0.15, 0.2) is 6.29 Å². The van der Waals surface area contributed by atoms with E-state index in [-0.39, 0.29) is 34.2 Å². The summed E-state index contributed by atoms with van der Waals surface area (Å²) in [4.78, 5) is 11.8. The molecule has 37 heavy (non-hydrogen) atoms. The fourth-order valence-corrected chi connectivity index (χ4v) is 9.82. The third kappa shape index (κ3) is 3.59. The van der Waals surface area contributed by atoms with Crippen molar-refractivity contribution in [1.29, 1.82) is 0 Å². The molecule has 0 radical (unpaired) electrons. The first-order valence-corrected chi connectivity index (χ1v) is 14.4. The molecule has 0 aromatic rings. The van der Waals surface area contributed by atoms with Gasteiger partial charge in [0, 0.05) is 16.9 Å². The molecule has 4 N–H and O–H groups in total. The van der Waals surface area contributed by atoms with Gasteiger partial charge in [-0.25, -0.2) is 4.79 Å². The standard InChI is InChI=1S/C29H44O8/c1-16-22(31)23(32)24(33)25(36-16)37-18-6-9-26(2)17(14-18)4-5-20-19(26)7-10-27(3)28(12-13-29(20,27)34)11-8-21(30)35-15-28/h8,11,16-20,22-25,31-34H,4-7,9-10,12-15H2,1-3H3/t16-,17+,18+,19-,20+,22-,23+,24-,25+,26+,27-,28-,29+/m1/s1. The maximum Gasteiger partial charge on any atom is 0.330 e. The molecule has 4 aliphatic carbocycles. The Morgan fingerprint density at radius 2 is 1.73 bits per heavy atom. The van der Waals surface area contributed by atoms with Gasteiger partial charge in [-0.2, -0.15) is 0 Å². The second kappa shape index (κ2) is 8.73. The van der Waals surface area contributed by atoms with Gasteiger partial charge in [0.1, 0.15) is 24.9 Å². The second-order valence-corrected chi connectivity index (χ2v) is 13.6. The Kier molecular flexibility index (Phi) is 6.19. The Morgan fingerprint density at radius 3 is 2.46 bits per heavy atom. The minimum absolute atomic E-state index is 0.0716. The SMILES string of the molecule is C[C@H]1O[C@@H](O[C@H]2CC[C@@]3(C)[C@@H](CC[C@H]4[C@H]3CC[C@]3(C)[C@]5(C=CC(=O)OC5)CC[C@]43O)C2)[C@H](O)[C@@H](O)[C@@H]1O. The van der Waals surface area contributed by atoms with Crippen molar-refractivity contribution in [2.75, 3.05) is 6.61 Å². The highest BCUT2D eigenvalue weighted by molar-refractivity contribution is 5.83. The number of fused-ring (bicyclic) bond motifs is 6. The second-order valence-electron chi connectivity index (χ2n) is 13.6. The molecule has 4 saturated carbocycles. The van der Waals surface area contributed by atoms with Gasteiger partial charge in [-0.3, -0.25) is 0 Å². The zero-order valence-corrected chi connectivity index (χ0v) is 22.3. The van der Waals surface area contributed by atoms with Crippen LogP contribution in [0.4, 0.5) is 0 Å². The summed E-state index contributed by atoms with van der Waals surface area (Å²) in [5.74, 6) is 0.845.